The number of nitrogens with one attached hydrogen (secondary N) is 1. The van der Waals surface area contributed by atoms with Gasteiger partial charge < -0.3 is 29.2 Å². The van der Waals surface area contributed by atoms with E-state index in [1.54, 1.807) is 7.11 Å². The van der Waals surface area contributed by atoms with Gasteiger partial charge in [-0.2, -0.15) is 0 Å². The van der Waals surface area contributed by atoms with E-state index in [1.807, 2.05) is 35.2 Å². The Bertz CT molecular complexity index is 1080. The summed E-state index contributed by atoms with van der Waals surface area (Å²) in [6.45, 7) is 2.73. The minimum Gasteiger partial charge on any atom is -0.494 e. The Labute approximate surface area is 205 Å². The molecule has 0 radical (unpaired) electrons. The Hall–Kier alpha value is -3.26. The number of fused-ring (bicyclic) bond motifs is 8. The summed E-state index contributed by atoms with van der Waals surface area (Å²) >= 11 is 0. The SMILES string of the molecule is COc1cc2c3cc1OCC(=O)NCCCOc1cccc(c1)C2N(C(=O)C1CCOCC1)CC3. The van der Waals surface area contributed by atoms with Crippen LogP contribution in [0.25, 0.3) is 0 Å². The molecule has 0 aromatic heterocycles. The Morgan fingerprint density at radius 1 is 1.11 bits per heavy atom. The summed E-state index contributed by atoms with van der Waals surface area (Å²) < 4.78 is 23.0. The predicted octanol–water partition coefficient (Wildman–Crippen LogP) is 2.87. The van der Waals surface area contributed by atoms with Crippen molar-refractivity contribution in [3.8, 4) is 17.2 Å². The average Bonchev–Trinajstić information content (AvgIpc) is 2.90. The molecular weight excluding hydrogens is 448 g/mol. The van der Waals surface area contributed by atoms with E-state index in [4.69, 9.17) is 18.9 Å². The Kier molecular flexibility index (Phi) is 7.08. The van der Waals surface area contributed by atoms with Gasteiger partial charge in [-0.25, -0.2) is 0 Å². The van der Waals surface area contributed by atoms with Gasteiger partial charge in [-0.05, 0) is 66.6 Å². The number of carbonyl (C=O) groups is 2. The largest absolute Gasteiger partial charge is 0.494 e. The molecule has 0 saturated carbocycles. The summed E-state index contributed by atoms with van der Waals surface area (Å²) in [7, 11) is 1.59. The molecule has 2 amide bonds. The summed E-state index contributed by atoms with van der Waals surface area (Å²) in [5, 5.41) is 2.86. The lowest BCUT2D eigenvalue weighted by Gasteiger charge is -2.40. The molecule has 4 aliphatic heterocycles. The third kappa shape index (κ3) is 5.07. The number of benzene rings is 2. The van der Waals surface area contributed by atoms with Crippen molar-refractivity contribution < 1.29 is 28.5 Å². The van der Waals surface area contributed by atoms with Crippen LogP contribution in [0.5, 0.6) is 17.2 Å². The van der Waals surface area contributed by atoms with Crippen molar-refractivity contribution in [3.63, 3.8) is 0 Å². The van der Waals surface area contributed by atoms with E-state index < -0.39 is 0 Å². The van der Waals surface area contributed by atoms with Gasteiger partial charge in [0, 0.05) is 32.2 Å². The van der Waals surface area contributed by atoms with Crippen molar-refractivity contribution >= 4 is 11.8 Å². The molecule has 35 heavy (non-hydrogen) atoms. The highest BCUT2D eigenvalue weighted by Gasteiger charge is 2.37. The van der Waals surface area contributed by atoms with Gasteiger partial charge in [0.2, 0.25) is 5.91 Å². The number of hydrogen-bond donors (Lipinski definition) is 1. The highest BCUT2D eigenvalue weighted by molar-refractivity contribution is 5.81. The first-order valence-corrected chi connectivity index (χ1v) is 12.4. The quantitative estimate of drug-likeness (QED) is 0.712. The van der Waals surface area contributed by atoms with Crippen molar-refractivity contribution in [2.24, 2.45) is 5.92 Å². The Balaban J connectivity index is 1.59. The molecule has 4 heterocycles. The summed E-state index contributed by atoms with van der Waals surface area (Å²) in [6, 6.07) is 11.6. The average molecular weight is 481 g/mol. The number of rotatable bonds is 2. The van der Waals surface area contributed by atoms with Gasteiger partial charge in [-0.3, -0.25) is 9.59 Å². The molecule has 2 aromatic rings. The molecule has 2 aromatic carbocycles. The molecule has 1 unspecified atom stereocenters. The molecule has 8 nitrogen and oxygen atoms in total. The molecule has 1 fully saturated rings. The van der Waals surface area contributed by atoms with Crippen LogP contribution in [0.1, 0.15) is 42.0 Å². The molecule has 6 bridgehead atoms. The standard InChI is InChI=1S/C27H32N2O6/c1-32-23-16-22-19-6-10-29(27(31)18-7-12-33-13-8-18)26(22)20-4-2-5-21(14-20)34-11-3-9-28-25(30)17-35-24(23)15-19/h2,4-5,14-16,18,26H,3,6-13,17H2,1H3,(H,28,30). The normalized spacial score (nSPS) is 21.0. The predicted molar refractivity (Wildman–Crippen MR) is 129 cm³/mol. The fourth-order valence-corrected chi connectivity index (χ4v) is 5.13. The zero-order valence-electron chi connectivity index (χ0n) is 20.1. The van der Waals surface area contributed by atoms with Crippen molar-refractivity contribution in [3.05, 3.63) is 53.1 Å². The topological polar surface area (TPSA) is 86.3 Å². The number of methoxy groups -OCH3 is 1. The molecule has 1 N–H and O–H groups in total. The third-order valence-electron chi connectivity index (χ3n) is 6.95. The van der Waals surface area contributed by atoms with Gasteiger partial charge in [0.25, 0.3) is 5.91 Å². The fraction of sp³-hybridized carbons (Fsp3) is 0.481. The maximum atomic E-state index is 13.7. The van der Waals surface area contributed by atoms with Crippen LogP contribution < -0.4 is 19.5 Å². The van der Waals surface area contributed by atoms with Crippen LogP contribution in [0.2, 0.25) is 0 Å². The number of amides is 2. The van der Waals surface area contributed by atoms with E-state index in [-0.39, 0.29) is 30.4 Å². The summed E-state index contributed by atoms with van der Waals surface area (Å²) in [6.07, 6.45) is 2.87. The van der Waals surface area contributed by atoms with Crippen molar-refractivity contribution in [2.45, 2.75) is 31.7 Å². The van der Waals surface area contributed by atoms with Gasteiger partial charge in [0.05, 0.1) is 19.8 Å². The van der Waals surface area contributed by atoms with E-state index in [2.05, 4.69) is 11.4 Å². The van der Waals surface area contributed by atoms with Gasteiger partial charge >= 0.3 is 0 Å². The second-order valence-electron chi connectivity index (χ2n) is 9.19. The van der Waals surface area contributed by atoms with Gasteiger partial charge in [0.1, 0.15) is 5.75 Å². The van der Waals surface area contributed by atoms with Crippen molar-refractivity contribution in [2.75, 3.05) is 46.6 Å². The first-order chi connectivity index (χ1) is 17.1. The van der Waals surface area contributed by atoms with E-state index >= 15 is 0 Å². The maximum Gasteiger partial charge on any atom is 0.257 e. The third-order valence-corrected chi connectivity index (χ3v) is 6.95. The van der Waals surface area contributed by atoms with Crippen LogP contribution >= 0.6 is 0 Å². The smallest absolute Gasteiger partial charge is 0.257 e. The second kappa shape index (κ2) is 10.6. The van der Waals surface area contributed by atoms with E-state index in [0.717, 1.165) is 35.3 Å². The lowest BCUT2D eigenvalue weighted by molar-refractivity contribution is -0.140. The number of carbonyl (C=O) groups excluding carboxylic acids is 2. The highest BCUT2D eigenvalue weighted by Crippen LogP contribution is 2.42. The monoisotopic (exact) mass is 480 g/mol. The second-order valence-corrected chi connectivity index (χ2v) is 9.19. The zero-order chi connectivity index (χ0) is 24.2. The summed E-state index contributed by atoms with van der Waals surface area (Å²) in [4.78, 5) is 28.0. The molecule has 6 rings (SSSR count). The number of ether oxygens (including phenoxy) is 4. The molecule has 1 saturated heterocycles. The van der Waals surface area contributed by atoms with Crippen LogP contribution in [0.3, 0.4) is 0 Å². The summed E-state index contributed by atoms with van der Waals surface area (Å²) in [5.74, 6) is 1.77. The van der Waals surface area contributed by atoms with Gasteiger partial charge in [-0.1, -0.05) is 12.1 Å². The van der Waals surface area contributed by atoms with Crippen LogP contribution in [0.15, 0.2) is 36.4 Å². The van der Waals surface area contributed by atoms with Gasteiger partial charge in [-0.15, -0.1) is 0 Å². The minimum atomic E-state index is -0.267. The molecule has 8 heteroatoms. The summed E-state index contributed by atoms with van der Waals surface area (Å²) in [5.41, 5.74) is 3.09. The lowest BCUT2D eigenvalue weighted by atomic mass is 9.86. The van der Waals surface area contributed by atoms with Crippen molar-refractivity contribution in [1.82, 2.24) is 10.2 Å². The molecular formula is C27H32N2O6. The maximum absolute atomic E-state index is 13.7. The van der Waals surface area contributed by atoms with Crippen LogP contribution in [0, 0.1) is 5.92 Å². The van der Waals surface area contributed by atoms with E-state index in [9.17, 15) is 9.59 Å². The lowest BCUT2D eigenvalue weighted by Crippen LogP contribution is -2.44. The van der Waals surface area contributed by atoms with Gasteiger partial charge in [0.15, 0.2) is 18.1 Å². The Morgan fingerprint density at radius 3 is 2.80 bits per heavy atom. The minimum absolute atomic E-state index is 0.0342. The zero-order valence-corrected chi connectivity index (χ0v) is 20.1. The molecule has 186 valence electrons. The molecule has 0 aliphatic carbocycles. The molecule has 1 atom stereocenters. The van der Waals surface area contributed by atoms with E-state index in [0.29, 0.717) is 57.3 Å². The van der Waals surface area contributed by atoms with Crippen LogP contribution in [0.4, 0.5) is 0 Å². The first-order valence-electron chi connectivity index (χ1n) is 12.4. The van der Waals surface area contributed by atoms with Crippen LogP contribution in [-0.2, 0) is 20.7 Å². The number of nitrogens with zero attached hydrogens (tertiary/aromatic N) is 1. The number of hydrogen-bond acceptors (Lipinski definition) is 6. The Morgan fingerprint density at radius 2 is 1.97 bits per heavy atom. The highest BCUT2D eigenvalue weighted by atomic mass is 16.5. The molecule has 4 aliphatic rings. The first kappa shape index (κ1) is 23.5. The van der Waals surface area contributed by atoms with E-state index in [1.165, 1.54) is 0 Å². The van der Waals surface area contributed by atoms with Crippen molar-refractivity contribution in [1.29, 1.82) is 0 Å². The molecule has 0 spiro atoms. The fourth-order valence-electron chi connectivity index (χ4n) is 5.13. The van der Waals surface area contributed by atoms with Crippen LogP contribution in [-0.4, -0.2) is 63.3 Å².